The number of halogens is 1. The lowest BCUT2D eigenvalue weighted by atomic mass is 10.0. The predicted octanol–water partition coefficient (Wildman–Crippen LogP) is -4.43. The number of nitrogens with two attached hydrogens (primary N) is 6. The number of aliphatic hydroxyl groups is 1. The van der Waals surface area contributed by atoms with Gasteiger partial charge in [-0.3, -0.25) is 43.3 Å². The standard InChI is InChI=1S/C47H77ClN16O11/c1-27(58-44(72)38(36(65)25-51)63-40(68)30(52)10-4-6-21-55-2)39(67)57-26-37(66)59-32(12-7-20-50)45(73)64-23-9-14-35(64)43(71)62-34(24-28-15-17-29(48)18-16-28)42(70)60-31(11-3-5-19-49)41(69)61-33(46(74)75)13-8-22-56-47(53)54/h13,15-18,27,30-31,34-36,38,55,65H,3-12,14,19-26,49-52H2,1-2H3,(H,57,67)(H,58,72)(H,60,70)(H,61,69)(H,62,71)(H,63,68)(H,74,75)(H4,53,54,56)/b33-13-,59-32?/t27-,30-,31-,34-,35-,36-,38-/m0/s1. The molecule has 1 heterocycles. The van der Waals surface area contributed by atoms with Crippen molar-refractivity contribution in [2.24, 2.45) is 44.4 Å². The van der Waals surface area contributed by atoms with Gasteiger partial charge in [0.1, 0.15) is 41.6 Å². The number of benzene rings is 1. The van der Waals surface area contributed by atoms with Crippen LogP contribution in [0.25, 0.3) is 0 Å². The Morgan fingerprint density at radius 3 is 2.15 bits per heavy atom. The van der Waals surface area contributed by atoms with E-state index in [9.17, 15) is 53.4 Å². The number of carbonyl (C=O) groups is 9. The van der Waals surface area contributed by atoms with Crippen LogP contribution >= 0.6 is 11.6 Å². The van der Waals surface area contributed by atoms with Gasteiger partial charge in [-0.15, -0.1) is 0 Å². The second kappa shape index (κ2) is 34.8. The van der Waals surface area contributed by atoms with E-state index in [1.165, 1.54) is 17.9 Å². The number of likely N-dealkylation sites (tertiary alicyclic amines) is 1. The summed E-state index contributed by atoms with van der Waals surface area (Å²) in [5, 5.41) is 38.4. The zero-order valence-corrected chi connectivity index (χ0v) is 43.4. The number of nitrogens with zero attached hydrogens (tertiary/aromatic N) is 3. The molecule has 8 amide bonds. The molecule has 2 rings (SSSR count). The number of nitrogens with one attached hydrogen (secondary N) is 7. The molecule has 0 aromatic heterocycles. The Labute approximate surface area is 440 Å². The summed E-state index contributed by atoms with van der Waals surface area (Å²) >= 11 is 6.12. The van der Waals surface area contributed by atoms with Crippen LogP contribution in [-0.2, 0) is 49.6 Å². The maximum atomic E-state index is 14.2. The Kier molecular flexibility index (Phi) is 29.9. The molecule has 21 N–H and O–H groups in total. The van der Waals surface area contributed by atoms with Gasteiger partial charge in [-0.25, -0.2) is 9.79 Å². The molecule has 1 aliphatic heterocycles. The first kappa shape index (κ1) is 64.5. The van der Waals surface area contributed by atoms with E-state index in [0.29, 0.717) is 49.2 Å². The zero-order chi connectivity index (χ0) is 56.0. The van der Waals surface area contributed by atoms with Gasteiger partial charge in [0.15, 0.2) is 5.96 Å². The summed E-state index contributed by atoms with van der Waals surface area (Å²) in [5.41, 5.74) is 33.5. The summed E-state index contributed by atoms with van der Waals surface area (Å²) < 4.78 is 0. The highest BCUT2D eigenvalue weighted by molar-refractivity contribution is 6.40. The molecule has 28 heteroatoms. The van der Waals surface area contributed by atoms with E-state index in [4.69, 9.17) is 46.0 Å². The molecule has 1 aliphatic rings. The molecule has 7 atom stereocenters. The van der Waals surface area contributed by atoms with Crippen molar-refractivity contribution in [3.8, 4) is 0 Å². The second-order valence-electron chi connectivity index (χ2n) is 17.7. The van der Waals surface area contributed by atoms with Crippen LogP contribution in [0.5, 0.6) is 0 Å². The fourth-order valence-corrected chi connectivity index (χ4v) is 7.64. The number of guanidine groups is 1. The quantitative estimate of drug-likeness (QED) is 0.0134. The maximum absolute atomic E-state index is 14.2. The van der Waals surface area contributed by atoms with Crippen LogP contribution in [0.15, 0.2) is 46.0 Å². The Bertz CT molecular complexity index is 2180. The minimum absolute atomic E-state index is 0.0375. The Balaban J connectivity index is 2.29. The Hall–Kier alpha value is -6.62. The lowest BCUT2D eigenvalue weighted by Gasteiger charge is -2.28. The largest absolute Gasteiger partial charge is 0.477 e. The van der Waals surface area contributed by atoms with E-state index >= 15 is 0 Å². The number of hydrogen-bond acceptors (Lipinski definition) is 16. The number of carboxylic acid groups (broad SMARTS) is 1. The van der Waals surface area contributed by atoms with E-state index in [-0.39, 0.29) is 76.4 Å². The number of carboxylic acids is 1. The fourth-order valence-electron chi connectivity index (χ4n) is 7.51. The van der Waals surface area contributed by atoms with E-state index in [1.54, 1.807) is 31.3 Å². The minimum Gasteiger partial charge on any atom is -0.477 e. The number of carbonyl (C=O) groups excluding carboxylic acids is 8. The number of aliphatic carboxylic acids is 1. The highest BCUT2D eigenvalue weighted by atomic mass is 35.5. The monoisotopic (exact) mass is 1080 g/mol. The van der Waals surface area contributed by atoms with Crippen LogP contribution in [0.3, 0.4) is 0 Å². The average Bonchev–Trinajstić information content (AvgIpc) is 3.88. The topological polar surface area (TPSA) is 462 Å². The van der Waals surface area contributed by atoms with Crippen LogP contribution in [-0.4, -0.2) is 175 Å². The molecule has 418 valence electrons. The van der Waals surface area contributed by atoms with Crippen LogP contribution < -0.4 is 71.6 Å². The van der Waals surface area contributed by atoms with Gasteiger partial charge in [0, 0.05) is 31.1 Å². The molecule has 0 bridgehead atoms. The number of hydrogen-bond donors (Lipinski definition) is 15. The lowest BCUT2D eigenvalue weighted by molar-refractivity contribution is -0.137. The number of rotatable bonds is 34. The second-order valence-corrected chi connectivity index (χ2v) is 18.1. The molecule has 75 heavy (non-hydrogen) atoms. The first-order valence-corrected chi connectivity index (χ1v) is 25.2. The summed E-state index contributed by atoms with van der Waals surface area (Å²) in [6.07, 6.45) is 2.78. The minimum atomic E-state index is -1.56. The van der Waals surface area contributed by atoms with E-state index in [0.717, 1.165) is 6.42 Å². The molecule has 0 radical (unpaired) electrons. The van der Waals surface area contributed by atoms with Crippen molar-refractivity contribution < 1.29 is 53.4 Å². The molecular weight excluding hydrogens is 1000 g/mol. The van der Waals surface area contributed by atoms with Crippen molar-refractivity contribution in [2.75, 3.05) is 52.9 Å². The van der Waals surface area contributed by atoms with Gasteiger partial charge in [-0.1, -0.05) is 36.2 Å². The van der Waals surface area contributed by atoms with Gasteiger partial charge in [-0.05, 0) is 116 Å². The molecule has 1 saturated heterocycles. The smallest absolute Gasteiger partial charge is 0.352 e. The molecule has 1 fully saturated rings. The van der Waals surface area contributed by atoms with Crippen molar-refractivity contribution in [3.05, 3.63) is 46.6 Å². The average molecular weight is 1080 g/mol. The van der Waals surface area contributed by atoms with Crippen molar-refractivity contribution in [3.63, 3.8) is 0 Å². The number of unbranched alkanes of at least 4 members (excludes halogenated alkanes) is 2. The molecule has 0 unspecified atom stereocenters. The van der Waals surface area contributed by atoms with Gasteiger partial charge in [0.2, 0.25) is 35.4 Å². The normalized spacial score (nSPS) is 16.0. The van der Waals surface area contributed by atoms with Crippen LogP contribution in [0.1, 0.15) is 83.1 Å². The van der Waals surface area contributed by atoms with Crippen LogP contribution in [0, 0.1) is 0 Å². The van der Waals surface area contributed by atoms with Gasteiger partial charge in [-0.2, -0.15) is 0 Å². The number of aliphatic imine (C=N–C) groups is 2. The molecular formula is C47H77ClN16O11. The van der Waals surface area contributed by atoms with Crippen LogP contribution in [0.2, 0.25) is 5.02 Å². The summed E-state index contributed by atoms with van der Waals surface area (Å²) in [6.45, 7) is 1.33. The maximum Gasteiger partial charge on any atom is 0.352 e. The predicted molar refractivity (Wildman–Crippen MR) is 280 cm³/mol. The van der Waals surface area contributed by atoms with Crippen molar-refractivity contribution in [1.29, 1.82) is 0 Å². The highest BCUT2D eigenvalue weighted by Crippen LogP contribution is 2.20. The molecule has 1 aromatic carbocycles. The molecule has 0 spiro atoms. The van der Waals surface area contributed by atoms with E-state index in [1.807, 2.05) is 0 Å². The Morgan fingerprint density at radius 2 is 1.52 bits per heavy atom. The molecule has 27 nitrogen and oxygen atoms in total. The van der Waals surface area contributed by atoms with E-state index < -0.39 is 114 Å². The summed E-state index contributed by atoms with van der Waals surface area (Å²) in [6, 6.07) is -1.23. The van der Waals surface area contributed by atoms with Gasteiger partial charge in [0.25, 0.3) is 11.8 Å². The number of aliphatic hydroxyl groups excluding tert-OH is 1. The highest BCUT2D eigenvalue weighted by Gasteiger charge is 2.38. The third kappa shape index (κ3) is 23.6. The lowest BCUT2D eigenvalue weighted by Crippen LogP contribution is -2.60. The zero-order valence-electron chi connectivity index (χ0n) is 42.6. The first-order chi connectivity index (χ1) is 35.7. The van der Waals surface area contributed by atoms with Crippen molar-refractivity contribution >= 4 is 76.5 Å². The third-order valence-corrected chi connectivity index (χ3v) is 11.9. The SMILES string of the molecule is CNCCCC[C@H](N)C(=O)N[C@H](C(=O)N[C@@H](C)C(=O)NCC(=O)N=C(CCCN)C(=O)N1CCC[C@H]1C(=O)N[C@@H](Cc1ccc(Cl)cc1)C(=O)N[C@@H](CCCCN)C(=O)N/C(=C\CCN=C(N)N)C(=O)O)[C@@H](O)CN. The number of amides is 8. The van der Waals surface area contributed by atoms with Crippen molar-refractivity contribution in [2.45, 2.75) is 126 Å². The van der Waals surface area contributed by atoms with Gasteiger partial charge < -0.3 is 86.7 Å². The van der Waals surface area contributed by atoms with Crippen LogP contribution in [0.4, 0.5) is 0 Å². The van der Waals surface area contributed by atoms with Crippen molar-refractivity contribution in [1.82, 2.24) is 42.1 Å². The molecule has 1 aromatic rings. The fraction of sp³-hybridized carbons (Fsp3) is 0.596. The van der Waals surface area contributed by atoms with Gasteiger partial charge >= 0.3 is 5.97 Å². The Morgan fingerprint density at radius 1 is 0.840 bits per heavy atom. The van der Waals surface area contributed by atoms with E-state index in [2.05, 4.69) is 47.2 Å². The molecule has 0 saturated carbocycles. The first-order valence-electron chi connectivity index (χ1n) is 24.8. The summed E-state index contributed by atoms with van der Waals surface area (Å²) in [5.74, 6) is -8.34. The summed E-state index contributed by atoms with van der Waals surface area (Å²) in [7, 11) is 1.79. The van der Waals surface area contributed by atoms with Gasteiger partial charge in [0.05, 0.1) is 18.7 Å². The summed E-state index contributed by atoms with van der Waals surface area (Å²) in [4.78, 5) is 129. The molecule has 0 aliphatic carbocycles. The third-order valence-electron chi connectivity index (χ3n) is 11.7.